The normalized spacial score (nSPS) is 15.5. The fourth-order valence-corrected chi connectivity index (χ4v) is 4.31. The van der Waals surface area contributed by atoms with Crippen LogP contribution in [0.3, 0.4) is 0 Å². The lowest BCUT2D eigenvalue weighted by Crippen LogP contribution is -2.53. The van der Waals surface area contributed by atoms with Crippen molar-refractivity contribution in [2.75, 3.05) is 19.5 Å². The third kappa shape index (κ3) is 5.03. The van der Waals surface area contributed by atoms with E-state index in [1.807, 2.05) is 27.7 Å². The number of rotatable bonds is 7. The molecule has 0 aliphatic heterocycles. The highest BCUT2D eigenvalue weighted by Gasteiger charge is 2.27. The van der Waals surface area contributed by atoms with E-state index < -0.39 is 5.54 Å². The van der Waals surface area contributed by atoms with E-state index in [1.165, 1.54) is 19.3 Å². The first-order valence-electron chi connectivity index (χ1n) is 10.9. The topological polar surface area (TPSA) is 107 Å². The van der Waals surface area contributed by atoms with Crippen LogP contribution >= 0.6 is 0 Å². The Labute approximate surface area is 179 Å². The van der Waals surface area contributed by atoms with Crippen LogP contribution in [0.25, 0.3) is 11.0 Å². The number of urea groups is 1. The molecular weight excluding hydrogens is 380 g/mol. The number of amides is 2. The predicted molar refractivity (Wildman–Crippen MR) is 120 cm³/mol. The Morgan fingerprint density at radius 2 is 1.93 bits per heavy atom. The van der Waals surface area contributed by atoms with Gasteiger partial charge in [-0.3, -0.25) is 0 Å². The van der Waals surface area contributed by atoms with Crippen LogP contribution in [0.15, 0.2) is 0 Å². The molecule has 1 saturated carbocycles. The minimum Gasteiger partial charge on any atom is -0.384 e. The quantitative estimate of drug-likeness (QED) is 0.642. The molecule has 30 heavy (non-hydrogen) atoms. The molecular formula is C22H36N6O2. The molecule has 8 nitrogen and oxygen atoms in total. The summed E-state index contributed by atoms with van der Waals surface area (Å²) < 4.78 is 7.44. The highest BCUT2D eigenvalue weighted by Crippen LogP contribution is 2.28. The van der Waals surface area contributed by atoms with Gasteiger partial charge in [0.25, 0.3) is 0 Å². The minimum atomic E-state index is -0.480. The molecule has 0 radical (unpaired) electrons. The lowest BCUT2D eigenvalue weighted by Gasteiger charge is -2.30. The number of nitrogens with zero attached hydrogens (tertiary/aromatic N) is 3. The fourth-order valence-electron chi connectivity index (χ4n) is 4.31. The van der Waals surface area contributed by atoms with E-state index in [1.54, 1.807) is 7.11 Å². The Balaban J connectivity index is 1.85. The summed E-state index contributed by atoms with van der Waals surface area (Å²) in [5.41, 5.74) is 9.35. The van der Waals surface area contributed by atoms with Crippen LogP contribution in [-0.2, 0) is 17.7 Å². The molecule has 2 heterocycles. The van der Waals surface area contributed by atoms with Crippen molar-refractivity contribution < 1.29 is 9.53 Å². The number of pyridine rings is 1. The monoisotopic (exact) mass is 416 g/mol. The Hall–Kier alpha value is -2.35. The molecule has 3 rings (SSSR count). The Bertz CT molecular complexity index is 899. The second-order valence-electron chi connectivity index (χ2n) is 9.08. The summed E-state index contributed by atoms with van der Waals surface area (Å²) in [4.78, 5) is 21.9. The molecule has 2 aromatic heterocycles. The van der Waals surface area contributed by atoms with Crippen LogP contribution in [0.1, 0.15) is 63.0 Å². The zero-order chi connectivity index (χ0) is 21.9. The van der Waals surface area contributed by atoms with Gasteiger partial charge in [-0.15, -0.1) is 0 Å². The molecule has 1 aliphatic rings. The van der Waals surface area contributed by atoms with Crippen molar-refractivity contribution in [3.63, 3.8) is 0 Å². The van der Waals surface area contributed by atoms with Gasteiger partial charge in [0.2, 0.25) is 0 Å². The number of carbonyl (C=O) groups is 1. The number of nitrogens with two attached hydrogens (primary N) is 1. The van der Waals surface area contributed by atoms with Gasteiger partial charge in [-0.2, -0.15) is 0 Å². The van der Waals surface area contributed by atoms with Gasteiger partial charge in [0.15, 0.2) is 5.82 Å². The number of imidazole rings is 1. The molecule has 166 valence electrons. The molecule has 0 bridgehead atoms. The Kier molecular flexibility index (Phi) is 6.85. The summed E-state index contributed by atoms with van der Waals surface area (Å²) in [5, 5.41) is 6.31. The van der Waals surface area contributed by atoms with Crippen LogP contribution in [0, 0.1) is 13.8 Å². The highest BCUT2D eigenvalue weighted by molar-refractivity contribution is 5.88. The van der Waals surface area contributed by atoms with Crippen LogP contribution < -0.4 is 16.4 Å². The number of nitrogen functional groups attached to an aromatic ring is 1. The maximum Gasteiger partial charge on any atom is 0.315 e. The van der Waals surface area contributed by atoms with Crippen molar-refractivity contribution in [3.8, 4) is 0 Å². The lowest BCUT2D eigenvalue weighted by molar-refractivity contribution is 0.198. The van der Waals surface area contributed by atoms with Gasteiger partial charge in [-0.1, -0.05) is 19.3 Å². The maximum absolute atomic E-state index is 12.7. The number of ether oxygens (including phenoxy) is 1. The molecule has 0 atom stereocenters. The average molecular weight is 417 g/mol. The van der Waals surface area contributed by atoms with Gasteiger partial charge >= 0.3 is 6.03 Å². The molecule has 8 heteroatoms. The van der Waals surface area contributed by atoms with Crippen LogP contribution in [0.5, 0.6) is 0 Å². The van der Waals surface area contributed by atoms with E-state index in [0.29, 0.717) is 30.9 Å². The first kappa shape index (κ1) is 22.3. The maximum atomic E-state index is 12.7. The minimum absolute atomic E-state index is 0.108. The largest absolute Gasteiger partial charge is 0.384 e. The van der Waals surface area contributed by atoms with Gasteiger partial charge < -0.3 is 25.7 Å². The number of methoxy groups -OCH3 is 1. The van der Waals surface area contributed by atoms with Gasteiger partial charge in [-0.05, 0) is 46.1 Å². The summed E-state index contributed by atoms with van der Waals surface area (Å²) in [6, 6.07) is 0.167. The molecule has 0 saturated heterocycles. The molecule has 4 N–H and O–H groups in total. The van der Waals surface area contributed by atoms with Crippen molar-refractivity contribution in [3.05, 3.63) is 17.1 Å². The molecule has 2 amide bonds. The zero-order valence-electron chi connectivity index (χ0n) is 19.0. The van der Waals surface area contributed by atoms with E-state index in [-0.39, 0.29) is 12.1 Å². The van der Waals surface area contributed by atoms with Crippen molar-refractivity contribution in [2.24, 2.45) is 0 Å². The van der Waals surface area contributed by atoms with Gasteiger partial charge in [0.1, 0.15) is 11.3 Å². The van der Waals surface area contributed by atoms with E-state index in [2.05, 4.69) is 20.2 Å². The molecule has 0 unspecified atom stereocenters. The average Bonchev–Trinajstić information content (AvgIpc) is 3.03. The number of carbonyl (C=O) groups excluding carboxylic acids is 1. The number of anilines is 1. The smallest absolute Gasteiger partial charge is 0.315 e. The number of nitrogens with one attached hydrogen (secondary N) is 2. The summed E-state index contributed by atoms with van der Waals surface area (Å²) in [6.07, 6.45) is 6.42. The second-order valence-corrected chi connectivity index (χ2v) is 9.08. The van der Waals surface area contributed by atoms with E-state index in [4.69, 9.17) is 15.5 Å². The summed E-state index contributed by atoms with van der Waals surface area (Å²) >= 11 is 0. The SMILES string of the molecule is COCCc1nc2c(N)nc(C)c(C)c2n1CC(C)(C)NC(=O)NC1CCCCC1. The van der Waals surface area contributed by atoms with Crippen LogP contribution in [0.4, 0.5) is 10.6 Å². The van der Waals surface area contributed by atoms with E-state index >= 15 is 0 Å². The lowest BCUT2D eigenvalue weighted by atomic mass is 9.95. The van der Waals surface area contributed by atoms with Crippen molar-refractivity contribution in [1.29, 1.82) is 0 Å². The highest BCUT2D eigenvalue weighted by atomic mass is 16.5. The van der Waals surface area contributed by atoms with Gasteiger partial charge in [0.05, 0.1) is 17.7 Å². The number of aryl methyl sites for hydroxylation is 2. The number of aromatic nitrogens is 3. The molecule has 1 aliphatic carbocycles. The van der Waals surface area contributed by atoms with E-state index in [0.717, 1.165) is 35.4 Å². The predicted octanol–water partition coefficient (Wildman–Crippen LogP) is 3.23. The number of hydrogen-bond acceptors (Lipinski definition) is 5. The first-order valence-corrected chi connectivity index (χ1v) is 10.9. The molecule has 0 spiro atoms. The van der Waals surface area contributed by atoms with Crippen LogP contribution in [0.2, 0.25) is 0 Å². The van der Waals surface area contributed by atoms with Crippen molar-refractivity contribution in [1.82, 2.24) is 25.2 Å². The number of hydrogen-bond donors (Lipinski definition) is 3. The van der Waals surface area contributed by atoms with E-state index in [9.17, 15) is 4.79 Å². The Morgan fingerprint density at radius 3 is 2.60 bits per heavy atom. The van der Waals surface area contributed by atoms with Gasteiger partial charge in [0, 0.05) is 31.8 Å². The third-order valence-electron chi connectivity index (χ3n) is 5.95. The van der Waals surface area contributed by atoms with Crippen molar-refractivity contribution in [2.45, 2.75) is 84.3 Å². The Morgan fingerprint density at radius 1 is 1.23 bits per heavy atom. The summed E-state index contributed by atoms with van der Waals surface area (Å²) in [7, 11) is 1.68. The van der Waals surface area contributed by atoms with Crippen LogP contribution in [-0.4, -0.2) is 45.9 Å². The molecule has 0 aromatic carbocycles. The zero-order valence-corrected chi connectivity index (χ0v) is 19.0. The molecule has 1 fully saturated rings. The first-order chi connectivity index (χ1) is 14.2. The number of fused-ring (bicyclic) bond motifs is 1. The van der Waals surface area contributed by atoms with Gasteiger partial charge in [-0.25, -0.2) is 14.8 Å². The fraction of sp³-hybridized carbons (Fsp3) is 0.682. The second kappa shape index (κ2) is 9.20. The molecule has 2 aromatic rings. The standard InChI is InChI=1S/C22H36N6O2/c1-14-15(2)24-20(23)18-19(14)28(17(26-18)11-12-30-5)13-22(3,4)27-21(29)25-16-9-7-6-8-10-16/h16H,6-13H2,1-5H3,(H2,23,24)(H2,25,27,29). The third-order valence-corrected chi connectivity index (χ3v) is 5.95. The van der Waals surface area contributed by atoms with Crippen molar-refractivity contribution >= 4 is 22.9 Å². The summed E-state index contributed by atoms with van der Waals surface area (Å²) in [5.74, 6) is 1.32. The summed E-state index contributed by atoms with van der Waals surface area (Å²) in [6.45, 7) is 9.20.